The van der Waals surface area contributed by atoms with E-state index in [2.05, 4.69) is 0 Å². The van der Waals surface area contributed by atoms with Crippen molar-refractivity contribution >= 4 is 11.8 Å². The Bertz CT molecular complexity index is 423. The van der Waals surface area contributed by atoms with Gasteiger partial charge in [-0.3, -0.25) is 0 Å². The quantitative estimate of drug-likeness (QED) is 0.755. The van der Waals surface area contributed by atoms with Gasteiger partial charge in [0.2, 0.25) is 0 Å². The van der Waals surface area contributed by atoms with Crippen molar-refractivity contribution in [3.8, 4) is 5.75 Å². The second-order valence-electron chi connectivity index (χ2n) is 4.40. The van der Waals surface area contributed by atoms with Gasteiger partial charge in [0.25, 0.3) is 0 Å². The van der Waals surface area contributed by atoms with Crippen molar-refractivity contribution in [2.24, 2.45) is 0 Å². The number of phenolic OH excluding ortho intramolecular Hbond substituents is 1. The molecule has 86 valence electrons. The van der Waals surface area contributed by atoms with E-state index in [0.29, 0.717) is 19.4 Å². The molecule has 2 atom stereocenters. The van der Waals surface area contributed by atoms with E-state index in [1.165, 1.54) is 11.8 Å². The lowest BCUT2D eigenvalue weighted by atomic mass is 9.90. The van der Waals surface area contributed by atoms with Crippen LogP contribution in [-0.4, -0.2) is 29.2 Å². The Kier molecular flexibility index (Phi) is 2.37. The zero-order valence-electron chi connectivity index (χ0n) is 8.78. The van der Waals surface area contributed by atoms with E-state index in [9.17, 15) is 9.50 Å². The first-order chi connectivity index (χ1) is 7.71. The van der Waals surface area contributed by atoms with Crippen molar-refractivity contribution < 1.29 is 14.2 Å². The molecule has 1 aromatic carbocycles. The number of benzene rings is 1. The first kappa shape index (κ1) is 10.4. The summed E-state index contributed by atoms with van der Waals surface area (Å²) in [6.45, 7) is 0.796. The largest absolute Gasteiger partial charge is 0.507 e. The fraction of sp³-hybridized carbons (Fsp3) is 0.500. The van der Waals surface area contributed by atoms with Crippen LogP contribution in [0, 0.1) is 0 Å². The second kappa shape index (κ2) is 3.64. The fourth-order valence-electron chi connectivity index (χ4n) is 2.44. The van der Waals surface area contributed by atoms with Crippen molar-refractivity contribution in [2.75, 3.05) is 13.2 Å². The van der Waals surface area contributed by atoms with E-state index < -0.39 is 10.9 Å². The monoisotopic (exact) mass is 240 g/mol. The van der Waals surface area contributed by atoms with Gasteiger partial charge in [-0.15, -0.1) is 11.8 Å². The molecule has 0 bridgehead atoms. The van der Waals surface area contributed by atoms with Crippen LogP contribution in [0.25, 0.3) is 0 Å². The molecule has 2 unspecified atom stereocenters. The fourth-order valence-corrected chi connectivity index (χ4v) is 3.90. The van der Waals surface area contributed by atoms with Crippen LogP contribution in [0.4, 0.5) is 4.39 Å². The molecule has 1 spiro atoms. The predicted octanol–water partition coefficient (Wildman–Crippen LogP) is 2.54. The summed E-state index contributed by atoms with van der Waals surface area (Å²) >= 11 is 1.49. The molecule has 0 aromatic heterocycles. The van der Waals surface area contributed by atoms with Gasteiger partial charge in [-0.2, -0.15) is 0 Å². The highest BCUT2D eigenvalue weighted by Crippen LogP contribution is 2.53. The minimum absolute atomic E-state index is 0.182. The predicted molar refractivity (Wildman–Crippen MR) is 60.7 cm³/mol. The Hall–Kier alpha value is -0.740. The van der Waals surface area contributed by atoms with E-state index in [1.54, 1.807) is 6.07 Å². The summed E-state index contributed by atoms with van der Waals surface area (Å²) in [5.74, 6) is 0.276. The third-order valence-electron chi connectivity index (χ3n) is 3.38. The van der Waals surface area contributed by atoms with Crippen molar-refractivity contribution in [1.82, 2.24) is 0 Å². The van der Waals surface area contributed by atoms with Gasteiger partial charge in [-0.25, -0.2) is 4.39 Å². The van der Waals surface area contributed by atoms with Crippen LogP contribution in [0.2, 0.25) is 0 Å². The Balaban J connectivity index is 1.97. The molecule has 3 rings (SSSR count). The van der Waals surface area contributed by atoms with E-state index >= 15 is 0 Å². The van der Waals surface area contributed by atoms with Gasteiger partial charge in [-0.1, -0.05) is 12.1 Å². The number of halogens is 1. The summed E-state index contributed by atoms with van der Waals surface area (Å²) < 4.78 is 18.8. The minimum Gasteiger partial charge on any atom is -0.507 e. The molecule has 0 saturated carbocycles. The summed E-state index contributed by atoms with van der Waals surface area (Å²) in [6, 6.07) is 5.46. The normalized spacial score (nSPS) is 32.9. The molecule has 4 heteroatoms. The standard InChI is InChI=1S/C12H13FO2S/c13-10-7-15-5-4-12(10)6-8-2-1-3-9(14)11(8)16-12/h1-3,10,14H,4-7H2. The molecule has 2 nitrogen and oxygen atoms in total. The second-order valence-corrected chi connectivity index (χ2v) is 5.83. The van der Waals surface area contributed by atoms with Gasteiger partial charge in [0, 0.05) is 6.61 Å². The average Bonchev–Trinajstić information content (AvgIpc) is 2.64. The maximum absolute atomic E-state index is 14.0. The SMILES string of the molecule is Oc1cccc2c1SC1(CCOCC1F)C2. The van der Waals surface area contributed by atoms with Crippen LogP contribution in [0.3, 0.4) is 0 Å². The molecular formula is C12H13FO2S. The summed E-state index contributed by atoms with van der Waals surface area (Å²) in [5, 5.41) is 9.76. The molecule has 1 fully saturated rings. The molecule has 0 radical (unpaired) electrons. The molecule has 1 aromatic rings. The van der Waals surface area contributed by atoms with Crippen LogP contribution >= 0.6 is 11.8 Å². The Morgan fingerprint density at radius 1 is 1.50 bits per heavy atom. The molecule has 2 aliphatic heterocycles. The smallest absolute Gasteiger partial charge is 0.139 e. The van der Waals surface area contributed by atoms with Crippen LogP contribution in [0.5, 0.6) is 5.75 Å². The molecule has 0 aliphatic carbocycles. The molecule has 2 heterocycles. The molecule has 0 amide bonds. The number of ether oxygens (including phenoxy) is 1. The number of hydrogen-bond donors (Lipinski definition) is 1. The maximum atomic E-state index is 14.0. The summed E-state index contributed by atoms with van der Waals surface area (Å²) in [6.07, 6.45) is 0.469. The molecule has 1 saturated heterocycles. The van der Waals surface area contributed by atoms with Crippen LogP contribution < -0.4 is 0 Å². The van der Waals surface area contributed by atoms with Gasteiger partial charge in [-0.05, 0) is 24.5 Å². The first-order valence-corrected chi connectivity index (χ1v) is 6.25. The minimum atomic E-state index is -0.946. The topological polar surface area (TPSA) is 29.5 Å². The van der Waals surface area contributed by atoms with E-state index in [0.717, 1.165) is 10.5 Å². The number of hydrogen-bond acceptors (Lipinski definition) is 3. The lowest BCUT2D eigenvalue weighted by molar-refractivity contribution is 0.0133. The van der Waals surface area contributed by atoms with E-state index in [4.69, 9.17) is 4.74 Å². The van der Waals surface area contributed by atoms with E-state index in [1.807, 2.05) is 12.1 Å². The number of fused-ring (bicyclic) bond motifs is 1. The van der Waals surface area contributed by atoms with Crippen molar-refractivity contribution in [3.05, 3.63) is 23.8 Å². The number of aromatic hydroxyl groups is 1. The van der Waals surface area contributed by atoms with Gasteiger partial charge in [0.15, 0.2) is 0 Å². The zero-order chi connectivity index (χ0) is 11.2. The van der Waals surface area contributed by atoms with Gasteiger partial charge >= 0.3 is 0 Å². The average molecular weight is 240 g/mol. The summed E-state index contributed by atoms with van der Waals surface area (Å²) in [5.41, 5.74) is 1.06. The Morgan fingerprint density at radius 2 is 2.38 bits per heavy atom. The number of rotatable bonds is 0. The lowest BCUT2D eigenvalue weighted by Gasteiger charge is -2.35. The van der Waals surface area contributed by atoms with Crippen LogP contribution in [0.1, 0.15) is 12.0 Å². The van der Waals surface area contributed by atoms with Crippen molar-refractivity contribution in [1.29, 1.82) is 0 Å². The van der Waals surface area contributed by atoms with Crippen LogP contribution in [0.15, 0.2) is 23.1 Å². The van der Waals surface area contributed by atoms with Crippen molar-refractivity contribution in [3.63, 3.8) is 0 Å². The first-order valence-electron chi connectivity index (χ1n) is 5.43. The van der Waals surface area contributed by atoms with Crippen molar-refractivity contribution in [2.45, 2.75) is 28.7 Å². The third kappa shape index (κ3) is 1.44. The summed E-state index contributed by atoms with van der Waals surface area (Å²) in [7, 11) is 0. The summed E-state index contributed by atoms with van der Waals surface area (Å²) in [4.78, 5) is 0.854. The Morgan fingerprint density at radius 3 is 3.12 bits per heavy atom. The molecule has 16 heavy (non-hydrogen) atoms. The van der Waals surface area contributed by atoms with Crippen LogP contribution in [-0.2, 0) is 11.2 Å². The van der Waals surface area contributed by atoms with E-state index in [-0.39, 0.29) is 12.4 Å². The zero-order valence-corrected chi connectivity index (χ0v) is 9.60. The van der Waals surface area contributed by atoms with Gasteiger partial charge in [0.05, 0.1) is 16.2 Å². The molecule has 1 N–H and O–H groups in total. The highest BCUT2D eigenvalue weighted by atomic mass is 32.2. The highest BCUT2D eigenvalue weighted by molar-refractivity contribution is 8.01. The highest BCUT2D eigenvalue weighted by Gasteiger charge is 2.47. The lowest BCUT2D eigenvalue weighted by Crippen LogP contribution is -2.44. The Labute approximate surface area is 97.8 Å². The third-order valence-corrected chi connectivity index (χ3v) is 5.06. The molecule has 2 aliphatic rings. The number of phenols is 1. The van der Waals surface area contributed by atoms with Gasteiger partial charge < -0.3 is 9.84 Å². The maximum Gasteiger partial charge on any atom is 0.139 e. The van der Waals surface area contributed by atoms with Gasteiger partial charge in [0.1, 0.15) is 11.9 Å². The number of alkyl halides is 1. The number of thioether (sulfide) groups is 1. The molecular weight excluding hydrogens is 227 g/mol.